The van der Waals surface area contributed by atoms with E-state index in [-0.39, 0.29) is 0 Å². The third-order valence-electron chi connectivity index (χ3n) is 3.20. The molecule has 2 atom stereocenters. The molecule has 1 rings (SSSR count). The van der Waals surface area contributed by atoms with Gasteiger partial charge in [-0.15, -0.1) is 0 Å². The highest BCUT2D eigenvalue weighted by Crippen LogP contribution is 2.23. The predicted molar refractivity (Wildman–Crippen MR) is 82.9 cm³/mol. The molecule has 0 aliphatic rings. The molecule has 0 saturated carbocycles. The molecule has 0 aromatic heterocycles. The SMILES string of the molecule is CC(NC(CN(C)C)C(C)C)c1ccccc1Br. The van der Waals surface area contributed by atoms with Crippen molar-refractivity contribution in [3.05, 3.63) is 34.3 Å². The molecule has 0 aliphatic carbocycles. The number of hydrogen-bond donors (Lipinski definition) is 1. The number of benzene rings is 1. The van der Waals surface area contributed by atoms with Crippen LogP contribution in [0.2, 0.25) is 0 Å². The Balaban J connectivity index is 2.72. The fraction of sp³-hybridized carbons (Fsp3) is 0.600. The predicted octanol–water partition coefficient (Wildman–Crippen LogP) is 3.69. The van der Waals surface area contributed by atoms with E-state index in [9.17, 15) is 0 Å². The van der Waals surface area contributed by atoms with Gasteiger partial charge < -0.3 is 10.2 Å². The fourth-order valence-corrected chi connectivity index (χ4v) is 2.71. The average molecular weight is 313 g/mol. The van der Waals surface area contributed by atoms with E-state index in [1.165, 1.54) is 10.0 Å². The monoisotopic (exact) mass is 312 g/mol. The van der Waals surface area contributed by atoms with Crippen molar-refractivity contribution in [1.82, 2.24) is 10.2 Å². The summed E-state index contributed by atoms with van der Waals surface area (Å²) in [4.78, 5) is 2.24. The molecule has 3 heteroatoms. The van der Waals surface area contributed by atoms with Gasteiger partial charge in [-0.2, -0.15) is 0 Å². The molecule has 1 aromatic rings. The van der Waals surface area contributed by atoms with Gasteiger partial charge in [0.15, 0.2) is 0 Å². The number of halogens is 1. The highest BCUT2D eigenvalue weighted by atomic mass is 79.9. The average Bonchev–Trinajstić information content (AvgIpc) is 2.27. The second-order valence-corrected chi connectivity index (χ2v) is 6.38. The number of likely N-dealkylation sites (N-methyl/N-ethyl adjacent to an activating group) is 1. The minimum absolute atomic E-state index is 0.355. The van der Waals surface area contributed by atoms with Crippen LogP contribution in [0.3, 0.4) is 0 Å². The van der Waals surface area contributed by atoms with E-state index in [0.717, 1.165) is 6.54 Å². The van der Waals surface area contributed by atoms with Gasteiger partial charge in [0.1, 0.15) is 0 Å². The molecule has 0 bridgehead atoms. The summed E-state index contributed by atoms with van der Waals surface area (Å²) in [7, 11) is 4.25. The smallest absolute Gasteiger partial charge is 0.0306 e. The highest BCUT2D eigenvalue weighted by molar-refractivity contribution is 9.10. The molecule has 0 amide bonds. The van der Waals surface area contributed by atoms with Crippen LogP contribution in [0.4, 0.5) is 0 Å². The Morgan fingerprint density at radius 1 is 1.17 bits per heavy atom. The zero-order valence-electron chi connectivity index (χ0n) is 12.1. The minimum atomic E-state index is 0.355. The maximum Gasteiger partial charge on any atom is 0.0306 e. The van der Waals surface area contributed by atoms with Crippen molar-refractivity contribution in [1.29, 1.82) is 0 Å². The first kappa shape index (κ1) is 15.7. The molecule has 18 heavy (non-hydrogen) atoms. The molecule has 0 aliphatic heterocycles. The molecule has 0 heterocycles. The van der Waals surface area contributed by atoms with Gasteiger partial charge in [-0.1, -0.05) is 48.0 Å². The third-order valence-corrected chi connectivity index (χ3v) is 3.92. The first-order valence-electron chi connectivity index (χ1n) is 6.57. The van der Waals surface area contributed by atoms with E-state index in [2.05, 4.69) is 85.3 Å². The summed E-state index contributed by atoms with van der Waals surface area (Å²) >= 11 is 3.62. The Morgan fingerprint density at radius 3 is 2.28 bits per heavy atom. The van der Waals surface area contributed by atoms with Crippen molar-refractivity contribution < 1.29 is 0 Å². The van der Waals surface area contributed by atoms with Crippen LogP contribution in [0, 0.1) is 5.92 Å². The minimum Gasteiger partial charge on any atom is -0.308 e. The lowest BCUT2D eigenvalue weighted by Gasteiger charge is -2.29. The van der Waals surface area contributed by atoms with Crippen molar-refractivity contribution in [2.75, 3.05) is 20.6 Å². The first-order chi connectivity index (χ1) is 8.41. The summed E-state index contributed by atoms with van der Waals surface area (Å²) in [6.45, 7) is 7.83. The van der Waals surface area contributed by atoms with E-state index in [1.807, 2.05) is 0 Å². The lowest BCUT2D eigenvalue weighted by molar-refractivity contribution is 0.273. The van der Waals surface area contributed by atoms with Gasteiger partial charge in [-0.05, 0) is 38.6 Å². The van der Waals surface area contributed by atoms with Gasteiger partial charge in [-0.3, -0.25) is 0 Å². The molecular formula is C15H25BrN2. The van der Waals surface area contributed by atoms with E-state index in [0.29, 0.717) is 18.0 Å². The quantitative estimate of drug-likeness (QED) is 0.862. The van der Waals surface area contributed by atoms with E-state index in [1.54, 1.807) is 0 Å². The Bertz CT molecular complexity index is 363. The normalized spacial score (nSPS) is 15.1. The van der Waals surface area contributed by atoms with Crippen molar-refractivity contribution in [2.24, 2.45) is 5.92 Å². The van der Waals surface area contributed by atoms with Gasteiger partial charge in [0.25, 0.3) is 0 Å². The lowest BCUT2D eigenvalue weighted by atomic mass is 10.0. The topological polar surface area (TPSA) is 15.3 Å². The highest BCUT2D eigenvalue weighted by Gasteiger charge is 2.18. The summed E-state index contributed by atoms with van der Waals surface area (Å²) in [6, 6.07) is 9.28. The molecule has 0 radical (unpaired) electrons. The molecule has 102 valence electrons. The summed E-state index contributed by atoms with van der Waals surface area (Å²) in [5.41, 5.74) is 1.32. The molecule has 2 unspecified atom stereocenters. The standard InChI is InChI=1S/C15H25BrN2/c1-11(2)15(10-18(4)5)17-12(3)13-8-6-7-9-14(13)16/h6-9,11-12,15,17H,10H2,1-5H3. The number of nitrogens with zero attached hydrogens (tertiary/aromatic N) is 1. The fourth-order valence-electron chi connectivity index (χ4n) is 2.09. The van der Waals surface area contributed by atoms with Crippen LogP contribution < -0.4 is 5.32 Å². The maximum absolute atomic E-state index is 3.73. The number of rotatable bonds is 6. The van der Waals surface area contributed by atoms with E-state index in [4.69, 9.17) is 0 Å². The first-order valence-corrected chi connectivity index (χ1v) is 7.36. The molecule has 0 saturated heterocycles. The summed E-state index contributed by atoms with van der Waals surface area (Å²) in [5.74, 6) is 0.623. The van der Waals surface area contributed by atoms with Gasteiger partial charge >= 0.3 is 0 Å². The number of nitrogens with one attached hydrogen (secondary N) is 1. The molecule has 0 fully saturated rings. The zero-order valence-corrected chi connectivity index (χ0v) is 13.7. The molecule has 1 aromatic carbocycles. The van der Waals surface area contributed by atoms with Crippen molar-refractivity contribution in [3.8, 4) is 0 Å². The summed E-state index contributed by atoms with van der Waals surface area (Å²) in [6.07, 6.45) is 0. The van der Waals surface area contributed by atoms with Crippen LogP contribution in [-0.2, 0) is 0 Å². The Labute approximate surface area is 120 Å². The Hall–Kier alpha value is -0.380. The van der Waals surface area contributed by atoms with Crippen LogP contribution in [-0.4, -0.2) is 31.6 Å². The maximum atomic E-state index is 3.73. The van der Waals surface area contributed by atoms with Gasteiger partial charge in [0.05, 0.1) is 0 Å². The van der Waals surface area contributed by atoms with Crippen LogP contribution in [0.1, 0.15) is 32.4 Å². The van der Waals surface area contributed by atoms with E-state index >= 15 is 0 Å². The van der Waals surface area contributed by atoms with Gasteiger partial charge in [0.2, 0.25) is 0 Å². The van der Waals surface area contributed by atoms with E-state index < -0.39 is 0 Å². The number of hydrogen-bond acceptors (Lipinski definition) is 2. The van der Waals surface area contributed by atoms with Crippen LogP contribution in [0.25, 0.3) is 0 Å². The van der Waals surface area contributed by atoms with Crippen LogP contribution >= 0.6 is 15.9 Å². The Morgan fingerprint density at radius 2 is 1.78 bits per heavy atom. The Kier molecular flexibility index (Phi) is 6.33. The summed E-state index contributed by atoms with van der Waals surface area (Å²) in [5, 5.41) is 3.73. The molecule has 2 nitrogen and oxygen atoms in total. The van der Waals surface area contributed by atoms with Crippen molar-refractivity contribution in [2.45, 2.75) is 32.9 Å². The van der Waals surface area contributed by atoms with Crippen LogP contribution in [0.15, 0.2) is 28.7 Å². The third kappa shape index (κ3) is 4.71. The van der Waals surface area contributed by atoms with Crippen molar-refractivity contribution >= 4 is 15.9 Å². The summed E-state index contributed by atoms with van der Waals surface area (Å²) < 4.78 is 1.18. The van der Waals surface area contributed by atoms with Gasteiger partial charge in [-0.25, -0.2) is 0 Å². The van der Waals surface area contributed by atoms with Gasteiger partial charge in [0, 0.05) is 23.1 Å². The second kappa shape index (κ2) is 7.27. The lowest BCUT2D eigenvalue weighted by Crippen LogP contribution is -2.43. The van der Waals surface area contributed by atoms with Crippen molar-refractivity contribution in [3.63, 3.8) is 0 Å². The van der Waals surface area contributed by atoms with Crippen LogP contribution in [0.5, 0.6) is 0 Å². The molecule has 1 N–H and O–H groups in total. The second-order valence-electron chi connectivity index (χ2n) is 5.52. The molecule has 0 spiro atoms. The zero-order chi connectivity index (χ0) is 13.7. The largest absolute Gasteiger partial charge is 0.308 e. The molecular weight excluding hydrogens is 288 g/mol.